The SMILES string of the molecule is O=C(c1ccc(COS(=O)[O-])cc1Cl)c1cnoc1C1CC1. The molecule has 1 unspecified atom stereocenters. The Morgan fingerprint density at radius 1 is 1.45 bits per heavy atom. The van der Waals surface area contributed by atoms with Crippen molar-refractivity contribution in [1.82, 2.24) is 5.16 Å². The maximum absolute atomic E-state index is 12.5. The van der Waals surface area contributed by atoms with Gasteiger partial charge in [0.2, 0.25) is 0 Å². The van der Waals surface area contributed by atoms with Crippen molar-refractivity contribution in [2.75, 3.05) is 0 Å². The van der Waals surface area contributed by atoms with Gasteiger partial charge in [-0.05, 0) is 30.5 Å². The highest BCUT2D eigenvalue weighted by atomic mass is 35.5. The zero-order valence-electron chi connectivity index (χ0n) is 11.3. The largest absolute Gasteiger partial charge is 0.750 e. The first-order valence-electron chi connectivity index (χ1n) is 6.56. The molecule has 0 aliphatic heterocycles. The average molecular weight is 341 g/mol. The molecular weight excluding hydrogens is 330 g/mol. The Kier molecular flexibility index (Phi) is 4.39. The number of nitrogens with zero attached hydrogens (tertiary/aromatic N) is 1. The molecule has 1 aromatic heterocycles. The lowest BCUT2D eigenvalue weighted by Gasteiger charge is -2.08. The summed E-state index contributed by atoms with van der Waals surface area (Å²) in [6.07, 6.45) is 3.39. The van der Waals surface area contributed by atoms with E-state index in [-0.39, 0.29) is 23.3 Å². The lowest BCUT2D eigenvalue weighted by Crippen LogP contribution is -2.04. The van der Waals surface area contributed by atoms with Gasteiger partial charge in [0.15, 0.2) is 11.5 Å². The molecule has 22 heavy (non-hydrogen) atoms. The Hall–Kier alpha value is -1.54. The number of hydrogen-bond donors (Lipinski definition) is 0. The second-order valence-corrected chi connectivity index (χ2v) is 6.04. The van der Waals surface area contributed by atoms with Gasteiger partial charge in [-0.15, -0.1) is 0 Å². The topological polar surface area (TPSA) is 92.5 Å². The fraction of sp³-hybridized carbons (Fsp3) is 0.286. The standard InChI is InChI=1S/C14H12ClNO5S/c15-12-5-8(7-20-22(18)19)1-4-10(12)13(17)11-6-16-21-14(11)9-2-3-9/h1,4-6,9H,2-3,7H2,(H,18,19)/p-1. The smallest absolute Gasteiger partial charge is 0.199 e. The molecule has 0 radical (unpaired) electrons. The molecule has 8 heteroatoms. The van der Waals surface area contributed by atoms with Crippen LogP contribution in [0.1, 0.15) is 46.0 Å². The van der Waals surface area contributed by atoms with Crippen LogP contribution in [0.25, 0.3) is 0 Å². The van der Waals surface area contributed by atoms with E-state index in [9.17, 15) is 13.6 Å². The zero-order chi connectivity index (χ0) is 15.7. The molecule has 3 rings (SSSR count). The van der Waals surface area contributed by atoms with Gasteiger partial charge in [-0.2, -0.15) is 0 Å². The molecule has 1 aromatic carbocycles. The summed E-state index contributed by atoms with van der Waals surface area (Å²) in [6.45, 7) is -0.134. The van der Waals surface area contributed by atoms with Crippen LogP contribution in [0, 0.1) is 0 Å². The van der Waals surface area contributed by atoms with Gasteiger partial charge in [-0.25, -0.2) is 4.21 Å². The summed E-state index contributed by atoms with van der Waals surface area (Å²) in [5.74, 6) is 0.614. The van der Waals surface area contributed by atoms with Crippen molar-refractivity contribution in [3.8, 4) is 0 Å². The predicted molar refractivity (Wildman–Crippen MR) is 77.1 cm³/mol. The van der Waals surface area contributed by atoms with Crippen LogP contribution in [0.4, 0.5) is 0 Å². The molecule has 2 aromatic rings. The fourth-order valence-corrected chi connectivity index (χ4v) is 2.67. The lowest BCUT2D eigenvalue weighted by atomic mass is 10.0. The van der Waals surface area contributed by atoms with Crippen LogP contribution in [-0.2, 0) is 22.2 Å². The van der Waals surface area contributed by atoms with Gasteiger partial charge in [-0.1, -0.05) is 22.8 Å². The Labute approximate surface area is 133 Å². The Bertz CT molecular complexity index is 741. The summed E-state index contributed by atoms with van der Waals surface area (Å²) in [4.78, 5) is 12.5. The van der Waals surface area contributed by atoms with E-state index in [0.717, 1.165) is 12.8 Å². The van der Waals surface area contributed by atoms with E-state index in [1.54, 1.807) is 12.1 Å². The molecule has 0 spiro atoms. The normalized spacial score (nSPS) is 15.7. The number of carbonyl (C=O) groups is 1. The molecule has 0 saturated heterocycles. The quantitative estimate of drug-likeness (QED) is 0.593. The second kappa shape index (κ2) is 6.29. The highest BCUT2D eigenvalue weighted by molar-refractivity contribution is 7.74. The number of rotatable bonds is 6. The average Bonchev–Trinajstić information content (AvgIpc) is 3.21. The van der Waals surface area contributed by atoms with E-state index in [1.165, 1.54) is 12.3 Å². The molecule has 1 aliphatic carbocycles. The number of halogens is 1. The molecule has 116 valence electrons. The maximum Gasteiger partial charge on any atom is 0.199 e. The zero-order valence-corrected chi connectivity index (χ0v) is 12.9. The van der Waals surface area contributed by atoms with Crippen LogP contribution in [0.2, 0.25) is 5.02 Å². The second-order valence-electron chi connectivity index (χ2n) is 4.99. The van der Waals surface area contributed by atoms with Gasteiger partial charge >= 0.3 is 0 Å². The molecule has 1 fully saturated rings. The van der Waals surface area contributed by atoms with Gasteiger partial charge in [0.25, 0.3) is 0 Å². The summed E-state index contributed by atoms with van der Waals surface area (Å²) in [5, 5.41) is 3.93. The summed E-state index contributed by atoms with van der Waals surface area (Å²) in [5.41, 5.74) is 1.30. The first-order chi connectivity index (χ1) is 10.6. The number of ketones is 1. The molecule has 0 bridgehead atoms. The molecule has 0 amide bonds. The van der Waals surface area contributed by atoms with Crippen LogP contribution in [0.5, 0.6) is 0 Å². The molecule has 1 saturated carbocycles. The van der Waals surface area contributed by atoms with E-state index < -0.39 is 11.4 Å². The Morgan fingerprint density at radius 2 is 2.23 bits per heavy atom. The van der Waals surface area contributed by atoms with Crippen molar-refractivity contribution in [2.24, 2.45) is 0 Å². The van der Waals surface area contributed by atoms with Crippen molar-refractivity contribution in [3.63, 3.8) is 0 Å². The maximum atomic E-state index is 12.5. The lowest BCUT2D eigenvalue weighted by molar-refractivity contribution is 0.103. The van der Waals surface area contributed by atoms with E-state index in [4.69, 9.17) is 16.1 Å². The highest BCUT2D eigenvalue weighted by Gasteiger charge is 2.33. The number of hydrogen-bond acceptors (Lipinski definition) is 6. The van der Waals surface area contributed by atoms with E-state index >= 15 is 0 Å². The molecule has 1 aliphatic rings. The molecule has 1 atom stereocenters. The van der Waals surface area contributed by atoms with Crippen molar-refractivity contribution < 1.29 is 22.3 Å². The van der Waals surface area contributed by atoms with E-state index in [0.29, 0.717) is 22.5 Å². The van der Waals surface area contributed by atoms with Gasteiger partial charge in [0, 0.05) is 11.5 Å². The first-order valence-corrected chi connectivity index (χ1v) is 7.94. The van der Waals surface area contributed by atoms with Crippen LogP contribution < -0.4 is 0 Å². The third-order valence-electron chi connectivity index (χ3n) is 3.39. The molecule has 0 N–H and O–H groups in total. The third-order valence-corrected chi connectivity index (χ3v) is 4.01. The monoisotopic (exact) mass is 340 g/mol. The van der Waals surface area contributed by atoms with Crippen LogP contribution in [0.15, 0.2) is 28.9 Å². The van der Waals surface area contributed by atoms with Gasteiger partial charge in [0.1, 0.15) is 0 Å². The van der Waals surface area contributed by atoms with E-state index in [1.807, 2.05) is 0 Å². The minimum absolute atomic E-state index is 0.134. The van der Waals surface area contributed by atoms with Crippen molar-refractivity contribution in [2.45, 2.75) is 25.4 Å². The summed E-state index contributed by atoms with van der Waals surface area (Å²) in [6, 6.07) is 4.64. The van der Waals surface area contributed by atoms with Gasteiger partial charge in [-0.3, -0.25) is 8.98 Å². The van der Waals surface area contributed by atoms with Gasteiger partial charge < -0.3 is 9.08 Å². The van der Waals surface area contributed by atoms with E-state index in [2.05, 4.69) is 9.34 Å². The number of benzene rings is 1. The summed E-state index contributed by atoms with van der Waals surface area (Å²) in [7, 11) is 0. The fourth-order valence-electron chi connectivity index (χ4n) is 2.15. The molecule has 6 nitrogen and oxygen atoms in total. The van der Waals surface area contributed by atoms with Crippen molar-refractivity contribution >= 4 is 28.7 Å². The summed E-state index contributed by atoms with van der Waals surface area (Å²) >= 11 is 3.53. The van der Waals surface area contributed by atoms with Crippen molar-refractivity contribution in [3.05, 3.63) is 51.9 Å². The third kappa shape index (κ3) is 3.27. The van der Waals surface area contributed by atoms with Crippen LogP contribution >= 0.6 is 11.6 Å². The molecular formula is C14H11ClNO5S-. The Morgan fingerprint density at radius 3 is 2.86 bits per heavy atom. The number of aromatic nitrogens is 1. The summed E-state index contributed by atoms with van der Waals surface area (Å²) < 4.78 is 30.4. The number of carbonyl (C=O) groups excluding carboxylic acids is 1. The minimum Gasteiger partial charge on any atom is -0.750 e. The predicted octanol–water partition coefficient (Wildman–Crippen LogP) is 2.75. The van der Waals surface area contributed by atoms with Crippen LogP contribution in [0.3, 0.4) is 0 Å². The van der Waals surface area contributed by atoms with Crippen molar-refractivity contribution in [1.29, 1.82) is 0 Å². The minimum atomic E-state index is -2.59. The van der Waals surface area contributed by atoms with Gasteiger partial charge in [0.05, 0.1) is 34.8 Å². The first kappa shape index (κ1) is 15.4. The van der Waals surface area contributed by atoms with Crippen LogP contribution in [-0.4, -0.2) is 19.7 Å². The Balaban J connectivity index is 1.83. The highest BCUT2D eigenvalue weighted by Crippen LogP contribution is 2.42. The molecule has 1 heterocycles.